The van der Waals surface area contributed by atoms with Crippen LogP contribution in [0.4, 0.5) is 0 Å². The lowest BCUT2D eigenvalue weighted by molar-refractivity contribution is 0.127. The van der Waals surface area contributed by atoms with Crippen molar-refractivity contribution in [2.75, 3.05) is 20.0 Å². The molecule has 96 valence electrons. The maximum atomic E-state index is 11.8. The normalized spacial score (nSPS) is 22.1. The van der Waals surface area contributed by atoms with Crippen molar-refractivity contribution in [3.05, 3.63) is 18.0 Å². The second-order valence-electron chi connectivity index (χ2n) is 4.25. The van der Waals surface area contributed by atoms with Crippen LogP contribution in [0.2, 0.25) is 0 Å². The van der Waals surface area contributed by atoms with Crippen LogP contribution in [0.3, 0.4) is 0 Å². The van der Waals surface area contributed by atoms with Gasteiger partial charge in [0.1, 0.15) is 0 Å². The summed E-state index contributed by atoms with van der Waals surface area (Å²) in [6.45, 7) is 1.51. The molecule has 0 aromatic carbocycles. The standard InChI is InChI=1S/C10H17N3O3S/c1-16-8-10-4-6-12-9(3-5-11-12)7-13(10)17(2,14)15/h3,5,10H,4,6-8H2,1-2H3. The Kier molecular flexibility index (Phi) is 3.50. The predicted molar refractivity (Wildman–Crippen MR) is 62.9 cm³/mol. The van der Waals surface area contributed by atoms with E-state index in [-0.39, 0.29) is 6.04 Å². The average molecular weight is 259 g/mol. The van der Waals surface area contributed by atoms with Crippen LogP contribution >= 0.6 is 0 Å². The van der Waals surface area contributed by atoms with E-state index in [2.05, 4.69) is 5.10 Å². The van der Waals surface area contributed by atoms with Gasteiger partial charge in [-0.05, 0) is 12.5 Å². The summed E-state index contributed by atoms with van der Waals surface area (Å²) in [5.41, 5.74) is 0.925. The van der Waals surface area contributed by atoms with Crippen molar-refractivity contribution in [3.63, 3.8) is 0 Å². The summed E-state index contributed by atoms with van der Waals surface area (Å²) in [5.74, 6) is 0. The molecule has 7 heteroatoms. The number of rotatable bonds is 3. The molecule has 0 spiro atoms. The highest BCUT2D eigenvalue weighted by molar-refractivity contribution is 7.88. The van der Waals surface area contributed by atoms with Crippen molar-refractivity contribution in [1.82, 2.24) is 14.1 Å². The summed E-state index contributed by atoms with van der Waals surface area (Å²) in [7, 11) is -1.64. The lowest BCUT2D eigenvalue weighted by Gasteiger charge is -2.26. The summed E-state index contributed by atoms with van der Waals surface area (Å²) >= 11 is 0. The van der Waals surface area contributed by atoms with Crippen LogP contribution in [0, 0.1) is 0 Å². The highest BCUT2D eigenvalue weighted by Crippen LogP contribution is 2.19. The maximum Gasteiger partial charge on any atom is 0.211 e. The fraction of sp³-hybridized carbons (Fsp3) is 0.700. The minimum atomic E-state index is -3.23. The monoisotopic (exact) mass is 259 g/mol. The minimum absolute atomic E-state index is 0.114. The first-order valence-corrected chi connectivity index (χ1v) is 7.33. The van der Waals surface area contributed by atoms with Gasteiger partial charge in [0.25, 0.3) is 0 Å². The Labute approximate surface area is 101 Å². The minimum Gasteiger partial charge on any atom is -0.383 e. The quantitative estimate of drug-likeness (QED) is 0.770. The maximum absolute atomic E-state index is 11.8. The average Bonchev–Trinajstić information content (AvgIpc) is 2.60. The third kappa shape index (κ3) is 2.67. The fourth-order valence-electron chi connectivity index (χ4n) is 2.15. The third-order valence-corrected chi connectivity index (χ3v) is 4.27. The van der Waals surface area contributed by atoms with Gasteiger partial charge in [0.15, 0.2) is 0 Å². The van der Waals surface area contributed by atoms with Gasteiger partial charge in [-0.3, -0.25) is 4.68 Å². The van der Waals surface area contributed by atoms with Crippen LogP contribution in [-0.2, 0) is 27.8 Å². The molecule has 6 nitrogen and oxygen atoms in total. The Bertz CT molecular complexity index is 483. The van der Waals surface area contributed by atoms with Gasteiger partial charge in [-0.1, -0.05) is 0 Å². The summed E-state index contributed by atoms with van der Waals surface area (Å²) in [6.07, 6.45) is 3.66. The van der Waals surface area contributed by atoms with E-state index in [4.69, 9.17) is 4.74 Å². The Morgan fingerprint density at radius 3 is 3.00 bits per heavy atom. The SMILES string of the molecule is COCC1CCn2nccc2CN1S(C)(=O)=O. The summed E-state index contributed by atoms with van der Waals surface area (Å²) in [5, 5.41) is 4.18. The molecule has 0 aliphatic carbocycles. The van der Waals surface area contributed by atoms with E-state index < -0.39 is 10.0 Å². The Hall–Kier alpha value is -0.920. The number of aromatic nitrogens is 2. The predicted octanol–water partition coefficient (Wildman–Crippen LogP) is 0.0634. The van der Waals surface area contributed by atoms with Crippen LogP contribution in [0.15, 0.2) is 12.3 Å². The van der Waals surface area contributed by atoms with Gasteiger partial charge >= 0.3 is 0 Å². The molecule has 0 bridgehead atoms. The smallest absolute Gasteiger partial charge is 0.211 e. The molecule has 0 N–H and O–H groups in total. The van der Waals surface area contributed by atoms with Crippen LogP contribution in [0.5, 0.6) is 0 Å². The fourth-order valence-corrected chi connectivity index (χ4v) is 3.22. The number of aryl methyl sites for hydroxylation is 1. The summed E-state index contributed by atoms with van der Waals surface area (Å²) in [4.78, 5) is 0. The van der Waals surface area contributed by atoms with E-state index in [0.29, 0.717) is 13.2 Å². The van der Waals surface area contributed by atoms with Gasteiger partial charge in [0.05, 0.1) is 31.1 Å². The molecular formula is C10H17N3O3S. The molecule has 0 saturated heterocycles. The van der Waals surface area contributed by atoms with Crippen LogP contribution in [0.1, 0.15) is 12.1 Å². The van der Waals surface area contributed by atoms with E-state index in [0.717, 1.165) is 18.7 Å². The van der Waals surface area contributed by atoms with E-state index >= 15 is 0 Å². The number of nitrogens with zero attached hydrogens (tertiary/aromatic N) is 3. The largest absolute Gasteiger partial charge is 0.383 e. The summed E-state index contributed by atoms with van der Waals surface area (Å²) in [6, 6.07) is 1.74. The molecule has 0 radical (unpaired) electrons. The van der Waals surface area contributed by atoms with Gasteiger partial charge in [0.2, 0.25) is 10.0 Å². The molecule has 1 aliphatic heterocycles. The lowest BCUT2D eigenvalue weighted by Crippen LogP contribution is -2.41. The molecule has 1 atom stereocenters. The van der Waals surface area contributed by atoms with Crippen molar-refractivity contribution in [3.8, 4) is 0 Å². The molecule has 0 saturated carbocycles. The molecule has 2 heterocycles. The Balaban J connectivity index is 2.30. The van der Waals surface area contributed by atoms with E-state index in [1.807, 2.05) is 10.7 Å². The van der Waals surface area contributed by atoms with Crippen molar-refractivity contribution in [1.29, 1.82) is 0 Å². The van der Waals surface area contributed by atoms with Gasteiger partial charge in [0, 0.05) is 19.9 Å². The second-order valence-corrected chi connectivity index (χ2v) is 6.19. The van der Waals surface area contributed by atoms with Crippen LogP contribution < -0.4 is 0 Å². The lowest BCUT2D eigenvalue weighted by atomic mass is 10.2. The summed E-state index contributed by atoms with van der Waals surface area (Å²) < 4.78 is 32.0. The first kappa shape index (κ1) is 12.5. The third-order valence-electron chi connectivity index (χ3n) is 2.99. The highest BCUT2D eigenvalue weighted by atomic mass is 32.2. The van der Waals surface area contributed by atoms with E-state index in [9.17, 15) is 8.42 Å². The molecule has 17 heavy (non-hydrogen) atoms. The topological polar surface area (TPSA) is 64.4 Å². The van der Waals surface area contributed by atoms with Gasteiger partial charge in [-0.25, -0.2) is 8.42 Å². The molecule has 0 fully saturated rings. The van der Waals surface area contributed by atoms with Gasteiger partial charge < -0.3 is 4.74 Å². The highest BCUT2D eigenvalue weighted by Gasteiger charge is 2.30. The van der Waals surface area contributed by atoms with Gasteiger partial charge in [-0.15, -0.1) is 0 Å². The van der Waals surface area contributed by atoms with Crippen LogP contribution in [0.25, 0.3) is 0 Å². The number of sulfonamides is 1. The van der Waals surface area contributed by atoms with Crippen molar-refractivity contribution in [2.24, 2.45) is 0 Å². The van der Waals surface area contributed by atoms with Gasteiger partial charge in [-0.2, -0.15) is 9.40 Å². The van der Waals surface area contributed by atoms with E-state index in [1.54, 1.807) is 13.3 Å². The van der Waals surface area contributed by atoms with Crippen molar-refractivity contribution < 1.29 is 13.2 Å². The zero-order valence-electron chi connectivity index (χ0n) is 10.0. The van der Waals surface area contributed by atoms with Crippen LogP contribution in [-0.4, -0.2) is 48.5 Å². The number of hydrogen-bond donors (Lipinski definition) is 0. The molecule has 0 amide bonds. The number of methoxy groups -OCH3 is 1. The zero-order chi connectivity index (χ0) is 12.5. The van der Waals surface area contributed by atoms with E-state index in [1.165, 1.54) is 10.6 Å². The Morgan fingerprint density at radius 1 is 1.59 bits per heavy atom. The van der Waals surface area contributed by atoms with Crippen molar-refractivity contribution in [2.45, 2.75) is 25.6 Å². The molecule has 1 unspecified atom stereocenters. The molecule has 1 aliphatic rings. The Morgan fingerprint density at radius 2 is 2.35 bits per heavy atom. The molecule has 1 aromatic heterocycles. The molecule has 1 aromatic rings. The molecular weight excluding hydrogens is 242 g/mol. The molecule has 2 rings (SSSR count). The number of fused-ring (bicyclic) bond motifs is 1. The number of hydrogen-bond acceptors (Lipinski definition) is 4. The number of ether oxygens (including phenoxy) is 1. The first-order chi connectivity index (χ1) is 8.02. The van der Waals surface area contributed by atoms with Crippen molar-refractivity contribution >= 4 is 10.0 Å². The first-order valence-electron chi connectivity index (χ1n) is 5.49. The zero-order valence-corrected chi connectivity index (χ0v) is 10.9. The second kappa shape index (κ2) is 4.75.